The van der Waals surface area contributed by atoms with Crippen molar-refractivity contribution in [1.29, 1.82) is 0 Å². The molecule has 2 aromatic rings. The van der Waals surface area contributed by atoms with E-state index >= 15 is 0 Å². The summed E-state index contributed by atoms with van der Waals surface area (Å²) in [4.78, 5) is 27.8. The Kier molecular flexibility index (Phi) is 6.21. The zero-order chi connectivity index (χ0) is 17.3. The number of fused-ring (bicyclic) bond motifs is 1. The molecule has 0 spiro atoms. The fourth-order valence-corrected chi connectivity index (χ4v) is 4.25. The van der Waals surface area contributed by atoms with Gasteiger partial charge in [-0.1, -0.05) is 18.2 Å². The molecule has 5 nitrogen and oxygen atoms in total. The Balaban J connectivity index is 0.00000225. The van der Waals surface area contributed by atoms with Crippen molar-refractivity contribution in [3.05, 3.63) is 51.9 Å². The number of hydrogen-bond acceptors (Lipinski definition) is 4. The Morgan fingerprint density at radius 3 is 2.52 bits per heavy atom. The number of nitrogens with one attached hydrogen (secondary N) is 1. The standard InChI is InChI=1S/C18H21N3O2S.ClH/c1-11(2)21-9-8-13-14(10-21)24-18(15(13)16(19)22)20-17(23)12-6-4-3-5-7-12;/h3-7,11H,8-10H2,1-2H3,(H2,19,22)(H,20,23);1H. The lowest BCUT2D eigenvalue weighted by Crippen LogP contribution is -2.35. The third-order valence-electron chi connectivity index (χ3n) is 4.33. The largest absolute Gasteiger partial charge is 0.365 e. The van der Waals surface area contributed by atoms with Crippen LogP contribution >= 0.6 is 23.7 Å². The van der Waals surface area contributed by atoms with E-state index in [2.05, 4.69) is 24.1 Å². The minimum Gasteiger partial charge on any atom is -0.365 e. The number of nitrogens with zero attached hydrogens (tertiary/aromatic N) is 1. The summed E-state index contributed by atoms with van der Waals surface area (Å²) in [6.07, 6.45) is 0.781. The lowest BCUT2D eigenvalue weighted by Gasteiger charge is -2.30. The molecule has 1 aliphatic rings. The van der Waals surface area contributed by atoms with Gasteiger partial charge in [0.2, 0.25) is 0 Å². The molecular formula is C18H22ClN3O2S. The van der Waals surface area contributed by atoms with E-state index in [0.717, 1.165) is 30.0 Å². The maximum atomic E-state index is 12.4. The molecule has 25 heavy (non-hydrogen) atoms. The van der Waals surface area contributed by atoms with Gasteiger partial charge in [-0.25, -0.2) is 0 Å². The fraction of sp³-hybridized carbons (Fsp3) is 0.333. The van der Waals surface area contributed by atoms with Crippen LogP contribution in [0.15, 0.2) is 30.3 Å². The average Bonchev–Trinajstić information content (AvgIpc) is 2.92. The molecule has 1 aliphatic heterocycles. The van der Waals surface area contributed by atoms with Crippen LogP contribution in [0.25, 0.3) is 0 Å². The van der Waals surface area contributed by atoms with E-state index in [0.29, 0.717) is 22.2 Å². The number of benzene rings is 1. The number of carbonyl (C=O) groups excluding carboxylic acids is 2. The molecule has 3 rings (SSSR count). The first-order valence-electron chi connectivity index (χ1n) is 8.02. The number of anilines is 1. The van der Waals surface area contributed by atoms with Crippen molar-refractivity contribution in [2.24, 2.45) is 5.73 Å². The predicted octanol–water partition coefficient (Wildman–Crippen LogP) is 3.29. The summed E-state index contributed by atoms with van der Waals surface area (Å²) in [7, 11) is 0. The van der Waals surface area contributed by atoms with Crippen LogP contribution in [0.2, 0.25) is 0 Å². The second-order valence-corrected chi connectivity index (χ2v) is 7.31. The van der Waals surface area contributed by atoms with Crippen LogP contribution in [0.3, 0.4) is 0 Å². The van der Waals surface area contributed by atoms with Gasteiger partial charge in [-0.2, -0.15) is 0 Å². The van der Waals surface area contributed by atoms with Gasteiger partial charge in [-0.15, -0.1) is 23.7 Å². The van der Waals surface area contributed by atoms with E-state index in [9.17, 15) is 9.59 Å². The maximum Gasteiger partial charge on any atom is 0.256 e. The molecule has 0 saturated carbocycles. The third-order valence-corrected chi connectivity index (χ3v) is 5.46. The van der Waals surface area contributed by atoms with E-state index in [1.165, 1.54) is 11.3 Å². The van der Waals surface area contributed by atoms with Gasteiger partial charge in [-0.3, -0.25) is 14.5 Å². The van der Waals surface area contributed by atoms with Gasteiger partial charge in [0.25, 0.3) is 11.8 Å². The Bertz CT molecular complexity index is 774. The van der Waals surface area contributed by atoms with E-state index < -0.39 is 5.91 Å². The minimum atomic E-state index is -0.478. The summed E-state index contributed by atoms with van der Waals surface area (Å²) in [6, 6.07) is 9.41. The maximum absolute atomic E-state index is 12.4. The normalized spacial score (nSPS) is 13.9. The van der Waals surface area contributed by atoms with Crippen molar-refractivity contribution in [3.63, 3.8) is 0 Å². The third kappa shape index (κ3) is 4.03. The number of thiophene rings is 1. The molecule has 0 fully saturated rings. The molecule has 0 unspecified atom stereocenters. The van der Waals surface area contributed by atoms with Gasteiger partial charge < -0.3 is 11.1 Å². The first-order chi connectivity index (χ1) is 11.5. The van der Waals surface area contributed by atoms with E-state index in [1.807, 2.05) is 18.2 Å². The van der Waals surface area contributed by atoms with Crippen molar-refractivity contribution in [2.45, 2.75) is 32.9 Å². The van der Waals surface area contributed by atoms with Crippen LogP contribution < -0.4 is 11.1 Å². The summed E-state index contributed by atoms with van der Waals surface area (Å²) in [6.45, 7) is 6.00. The molecule has 0 atom stereocenters. The van der Waals surface area contributed by atoms with Crippen molar-refractivity contribution in [3.8, 4) is 0 Å². The van der Waals surface area contributed by atoms with Crippen LogP contribution in [0.1, 0.15) is 45.0 Å². The predicted molar refractivity (Wildman–Crippen MR) is 104 cm³/mol. The summed E-state index contributed by atoms with van der Waals surface area (Å²) < 4.78 is 0. The lowest BCUT2D eigenvalue weighted by atomic mass is 10.0. The van der Waals surface area contributed by atoms with Crippen molar-refractivity contribution < 1.29 is 9.59 Å². The summed E-state index contributed by atoms with van der Waals surface area (Å²) in [5.74, 6) is -0.703. The number of primary amides is 1. The Hall–Kier alpha value is -1.89. The summed E-state index contributed by atoms with van der Waals surface area (Å²) in [5.41, 5.74) is 7.62. The van der Waals surface area contributed by atoms with Crippen molar-refractivity contribution >= 4 is 40.6 Å². The molecule has 7 heteroatoms. The van der Waals surface area contributed by atoms with E-state index in [4.69, 9.17) is 5.73 Å². The quantitative estimate of drug-likeness (QED) is 0.855. The molecule has 134 valence electrons. The monoisotopic (exact) mass is 379 g/mol. The number of amides is 2. The molecule has 1 aromatic carbocycles. The number of nitrogens with two attached hydrogens (primary N) is 1. The zero-order valence-corrected chi connectivity index (χ0v) is 15.9. The van der Waals surface area contributed by atoms with Crippen LogP contribution in [0, 0.1) is 0 Å². The van der Waals surface area contributed by atoms with Gasteiger partial charge in [-0.05, 0) is 38.0 Å². The number of carbonyl (C=O) groups is 2. The Morgan fingerprint density at radius 2 is 1.92 bits per heavy atom. The molecule has 3 N–H and O–H groups in total. The first kappa shape index (κ1) is 19.4. The first-order valence-corrected chi connectivity index (χ1v) is 8.83. The molecule has 0 aliphatic carbocycles. The number of halogens is 1. The zero-order valence-electron chi connectivity index (χ0n) is 14.2. The van der Waals surface area contributed by atoms with Crippen LogP contribution in [-0.4, -0.2) is 29.3 Å². The minimum absolute atomic E-state index is 0. The second kappa shape index (κ2) is 7.99. The Morgan fingerprint density at radius 1 is 1.24 bits per heavy atom. The molecule has 2 amide bonds. The van der Waals surface area contributed by atoms with Gasteiger partial charge in [0, 0.05) is 29.6 Å². The topological polar surface area (TPSA) is 75.4 Å². The van der Waals surface area contributed by atoms with Crippen LogP contribution in [-0.2, 0) is 13.0 Å². The van der Waals surface area contributed by atoms with E-state index in [-0.39, 0.29) is 18.3 Å². The highest BCUT2D eigenvalue weighted by molar-refractivity contribution is 7.17. The molecule has 0 saturated heterocycles. The average molecular weight is 380 g/mol. The second-order valence-electron chi connectivity index (χ2n) is 6.21. The summed E-state index contributed by atoms with van der Waals surface area (Å²) >= 11 is 1.46. The smallest absolute Gasteiger partial charge is 0.256 e. The van der Waals surface area contributed by atoms with Crippen molar-refractivity contribution in [1.82, 2.24) is 4.90 Å². The molecule has 1 aromatic heterocycles. The van der Waals surface area contributed by atoms with Gasteiger partial charge >= 0.3 is 0 Å². The highest BCUT2D eigenvalue weighted by Gasteiger charge is 2.28. The van der Waals surface area contributed by atoms with Gasteiger partial charge in [0.1, 0.15) is 5.00 Å². The van der Waals surface area contributed by atoms with Crippen LogP contribution in [0.4, 0.5) is 5.00 Å². The molecule has 0 bridgehead atoms. The highest BCUT2D eigenvalue weighted by Crippen LogP contribution is 2.37. The molecule has 2 heterocycles. The van der Waals surface area contributed by atoms with Gasteiger partial charge in [0.15, 0.2) is 0 Å². The number of hydrogen-bond donors (Lipinski definition) is 2. The fourth-order valence-electron chi connectivity index (χ4n) is 2.98. The van der Waals surface area contributed by atoms with Crippen molar-refractivity contribution in [2.75, 3.05) is 11.9 Å². The molecule has 0 radical (unpaired) electrons. The van der Waals surface area contributed by atoms with Gasteiger partial charge in [0.05, 0.1) is 5.56 Å². The van der Waals surface area contributed by atoms with E-state index in [1.54, 1.807) is 12.1 Å². The lowest BCUT2D eigenvalue weighted by molar-refractivity contribution is 0.0999. The molecular weight excluding hydrogens is 358 g/mol. The van der Waals surface area contributed by atoms with Crippen LogP contribution in [0.5, 0.6) is 0 Å². The highest BCUT2D eigenvalue weighted by atomic mass is 35.5. The number of rotatable bonds is 4. The SMILES string of the molecule is CC(C)N1CCc2c(sc(NC(=O)c3ccccc3)c2C(N)=O)C1.Cl. The Labute approximate surface area is 157 Å². The summed E-state index contributed by atoms with van der Waals surface area (Å²) in [5, 5.41) is 3.43.